The second kappa shape index (κ2) is 8.15. The first kappa shape index (κ1) is 18.2. The zero-order valence-electron chi connectivity index (χ0n) is 15.3. The predicted molar refractivity (Wildman–Crippen MR) is 105 cm³/mol. The number of nitrogens with zero attached hydrogens (tertiary/aromatic N) is 2. The third-order valence-corrected chi connectivity index (χ3v) is 4.25. The van der Waals surface area contributed by atoms with Crippen molar-refractivity contribution in [1.82, 2.24) is 15.5 Å². The molecule has 0 aliphatic rings. The van der Waals surface area contributed by atoms with Gasteiger partial charge in [-0.05, 0) is 25.5 Å². The van der Waals surface area contributed by atoms with Gasteiger partial charge in [0.05, 0.1) is 11.9 Å². The molecule has 1 aromatic heterocycles. The largest absolute Gasteiger partial charge is 0.347 e. The molecule has 1 amide bonds. The van der Waals surface area contributed by atoms with Crippen LogP contribution in [0.4, 0.5) is 0 Å². The molecule has 0 radical (unpaired) electrons. The van der Waals surface area contributed by atoms with Crippen LogP contribution < -0.4 is 5.32 Å². The van der Waals surface area contributed by atoms with E-state index in [1.165, 1.54) is 0 Å². The number of rotatable bonds is 5. The zero-order chi connectivity index (χ0) is 19.2. The first-order valence-corrected chi connectivity index (χ1v) is 8.63. The van der Waals surface area contributed by atoms with Gasteiger partial charge in [-0.1, -0.05) is 59.7 Å². The summed E-state index contributed by atoms with van der Waals surface area (Å²) in [6.45, 7) is 4.40. The lowest BCUT2D eigenvalue weighted by atomic mass is 10.0. The monoisotopic (exact) mass is 356 g/mol. The fraction of sp³-hybridized carbons (Fsp3) is 0.136. The van der Waals surface area contributed by atoms with E-state index in [1.807, 2.05) is 68.4 Å². The first-order valence-electron chi connectivity index (χ1n) is 8.63. The van der Waals surface area contributed by atoms with Gasteiger partial charge in [0.1, 0.15) is 11.6 Å². The number of carbonyl (C=O) groups is 1. The van der Waals surface area contributed by atoms with Gasteiger partial charge in [0, 0.05) is 17.7 Å². The van der Waals surface area contributed by atoms with Crippen LogP contribution in [0, 0.1) is 25.2 Å². The van der Waals surface area contributed by atoms with Crippen LogP contribution in [-0.2, 0) is 11.3 Å². The topological polar surface area (TPSA) is 81.6 Å². The Labute approximate surface area is 158 Å². The standard InChI is InChI=1S/C22H20N4O/c1-15-3-7-17(8-4-15)13-24-22(27)19(12-23)11-20-14-25-26-21(20)18-9-5-16(2)6-10-18/h3-11,14H,13H2,1-2H3,(H,24,27)(H,25,26). The number of nitrogens with one attached hydrogen (secondary N) is 2. The molecule has 0 saturated carbocycles. The van der Waals surface area contributed by atoms with Crippen molar-refractivity contribution in [3.8, 4) is 17.3 Å². The Morgan fingerprint density at radius 2 is 1.74 bits per heavy atom. The van der Waals surface area contributed by atoms with Gasteiger partial charge in [-0.3, -0.25) is 9.89 Å². The van der Waals surface area contributed by atoms with Crippen LogP contribution in [0.25, 0.3) is 17.3 Å². The predicted octanol–water partition coefficient (Wildman–Crippen LogP) is 3.92. The van der Waals surface area contributed by atoms with Gasteiger partial charge in [0.15, 0.2) is 0 Å². The van der Waals surface area contributed by atoms with Crippen LogP contribution in [0.2, 0.25) is 0 Å². The summed E-state index contributed by atoms with van der Waals surface area (Å²) >= 11 is 0. The molecule has 134 valence electrons. The van der Waals surface area contributed by atoms with Crippen molar-refractivity contribution in [2.45, 2.75) is 20.4 Å². The van der Waals surface area contributed by atoms with Crippen molar-refractivity contribution in [2.24, 2.45) is 0 Å². The van der Waals surface area contributed by atoms with E-state index < -0.39 is 5.91 Å². The second-order valence-electron chi connectivity index (χ2n) is 6.40. The number of nitriles is 1. The number of aryl methyl sites for hydroxylation is 2. The summed E-state index contributed by atoms with van der Waals surface area (Å²) in [5, 5.41) is 19.2. The summed E-state index contributed by atoms with van der Waals surface area (Å²) in [4.78, 5) is 12.4. The summed E-state index contributed by atoms with van der Waals surface area (Å²) in [6, 6.07) is 17.8. The van der Waals surface area contributed by atoms with Crippen molar-refractivity contribution >= 4 is 12.0 Å². The highest BCUT2D eigenvalue weighted by atomic mass is 16.1. The van der Waals surface area contributed by atoms with Crippen LogP contribution in [0.5, 0.6) is 0 Å². The number of hydrogen-bond acceptors (Lipinski definition) is 3. The Bertz CT molecular complexity index is 1010. The normalized spacial score (nSPS) is 11.1. The molecule has 0 atom stereocenters. The fourth-order valence-corrected chi connectivity index (χ4v) is 2.64. The molecule has 0 bridgehead atoms. The van der Waals surface area contributed by atoms with Crippen LogP contribution >= 0.6 is 0 Å². The molecule has 0 saturated heterocycles. The van der Waals surface area contributed by atoms with E-state index in [2.05, 4.69) is 15.5 Å². The summed E-state index contributed by atoms with van der Waals surface area (Å²) in [6.07, 6.45) is 3.17. The second-order valence-corrected chi connectivity index (χ2v) is 6.40. The zero-order valence-corrected chi connectivity index (χ0v) is 15.3. The van der Waals surface area contributed by atoms with E-state index in [0.717, 1.165) is 27.9 Å². The van der Waals surface area contributed by atoms with Gasteiger partial charge >= 0.3 is 0 Å². The molecule has 3 aromatic rings. The molecular weight excluding hydrogens is 336 g/mol. The van der Waals surface area contributed by atoms with E-state index in [4.69, 9.17) is 0 Å². The highest BCUT2D eigenvalue weighted by Gasteiger charge is 2.12. The Morgan fingerprint density at radius 1 is 1.11 bits per heavy atom. The highest BCUT2D eigenvalue weighted by Crippen LogP contribution is 2.23. The maximum absolute atomic E-state index is 12.4. The van der Waals surface area contributed by atoms with Crippen molar-refractivity contribution < 1.29 is 4.79 Å². The third kappa shape index (κ3) is 4.50. The quantitative estimate of drug-likeness (QED) is 0.537. The maximum Gasteiger partial charge on any atom is 0.262 e. The molecule has 0 fully saturated rings. The smallest absolute Gasteiger partial charge is 0.262 e. The SMILES string of the molecule is Cc1ccc(CNC(=O)C(C#N)=Cc2cn[nH]c2-c2ccc(C)cc2)cc1. The van der Waals surface area contributed by atoms with Crippen molar-refractivity contribution in [2.75, 3.05) is 0 Å². The molecular formula is C22H20N4O. The Balaban J connectivity index is 1.77. The number of benzene rings is 2. The summed E-state index contributed by atoms with van der Waals surface area (Å²) in [5.41, 5.74) is 5.75. The molecule has 1 heterocycles. The Hall–Kier alpha value is -3.65. The average Bonchev–Trinajstić information content (AvgIpc) is 3.14. The number of hydrogen-bond donors (Lipinski definition) is 2. The highest BCUT2D eigenvalue weighted by molar-refractivity contribution is 6.02. The van der Waals surface area contributed by atoms with Crippen LogP contribution in [0.15, 0.2) is 60.3 Å². The fourth-order valence-electron chi connectivity index (χ4n) is 2.64. The van der Waals surface area contributed by atoms with Gasteiger partial charge in [-0.15, -0.1) is 0 Å². The number of aromatic nitrogens is 2. The molecule has 2 aromatic carbocycles. The molecule has 2 N–H and O–H groups in total. The lowest BCUT2D eigenvalue weighted by Gasteiger charge is -2.05. The third-order valence-electron chi connectivity index (χ3n) is 4.25. The minimum atomic E-state index is -0.408. The average molecular weight is 356 g/mol. The van der Waals surface area contributed by atoms with Crippen molar-refractivity contribution in [3.63, 3.8) is 0 Å². The summed E-state index contributed by atoms with van der Waals surface area (Å²) < 4.78 is 0. The lowest BCUT2D eigenvalue weighted by Crippen LogP contribution is -2.23. The van der Waals surface area contributed by atoms with Gasteiger partial charge in [-0.2, -0.15) is 10.4 Å². The molecule has 0 spiro atoms. The van der Waals surface area contributed by atoms with E-state index >= 15 is 0 Å². The van der Waals surface area contributed by atoms with E-state index in [-0.39, 0.29) is 5.57 Å². The van der Waals surface area contributed by atoms with E-state index in [0.29, 0.717) is 12.1 Å². The van der Waals surface area contributed by atoms with E-state index in [9.17, 15) is 10.1 Å². The number of carbonyl (C=O) groups excluding carboxylic acids is 1. The molecule has 5 heteroatoms. The van der Waals surface area contributed by atoms with Crippen molar-refractivity contribution in [3.05, 3.63) is 82.6 Å². The molecule has 0 aliphatic carbocycles. The summed E-state index contributed by atoms with van der Waals surface area (Å²) in [7, 11) is 0. The number of amides is 1. The number of H-pyrrole nitrogens is 1. The Kier molecular flexibility index (Phi) is 5.48. The molecule has 0 aliphatic heterocycles. The maximum atomic E-state index is 12.4. The van der Waals surface area contributed by atoms with Gasteiger partial charge in [-0.25, -0.2) is 0 Å². The lowest BCUT2D eigenvalue weighted by molar-refractivity contribution is -0.117. The van der Waals surface area contributed by atoms with E-state index in [1.54, 1.807) is 12.3 Å². The molecule has 27 heavy (non-hydrogen) atoms. The molecule has 3 rings (SSSR count). The number of aromatic amines is 1. The van der Waals surface area contributed by atoms with Crippen LogP contribution in [0.3, 0.4) is 0 Å². The minimum Gasteiger partial charge on any atom is -0.347 e. The minimum absolute atomic E-state index is 0.0388. The Morgan fingerprint density at radius 3 is 2.37 bits per heavy atom. The van der Waals surface area contributed by atoms with Crippen molar-refractivity contribution in [1.29, 1.82) is 5.26 Å². The summed E-state index contributed by atoms with van der Waals surface area (Å²) in [5.74, 6) is -0.408. The van der Waals surface area contributed by atoms with Gasteiger partial charge < -0.3 is 5.32 Å². The first-order chi connectivity index (χ1) is 13.1. The molecule has 5 nitrogen and oxygen atoms in total. The van der Waals surface area contributed by atoms with Gasteiger partial charge in [0.25, 0.3) is 5.91 Å². The van der Waals surface area contributed by atoms with Crippen LogP contribution in [-0.4, -0.2) is 16.1 Å². The molecule has 0 unspecified atom stereocenters. The van der Waals surface area contributed by atoms with Crippen LogP contribution in [0.1, 0.15) is 22.3 Å². The van der Waals surface area contributed by atoms with Gasteiger partial charge in [0.2, 0.25) is 0 Å².